The zero-order valence-corrected chi connectivity index (χ0v) is 19.1. The van der Waals surface area contributed by atoms with E-state index in [0.717, 1.165) is 11.1 Å². The van der Waals surface area contributed by atoms with Gasteiger partial charge in [-0.15, -0.1) is 0 Å². The minimum atomic E-state index is -3.54. The predicted octanol–water partition coefficient (Wildman–Crippen LogP) is 2.41. The van der Waals surface area contributed by atoms with Crippen LogP contribution >= 0.6 is 0 Å². The van der Waals surface area contributed by atoms with E-state index in [0.29, 0.717) is 36.9 Å². The largest absolute Gasteiger partial charge is 0.310 e. The van der Waals surface area contributed by atoms with Crippen LogP contribution in [-0.4, -0.2) is 65.5 Å². The van der Waals surface area contributed by atoms with Gasteiger partial charge in [-0.1, -0.05) is 17.7 Å². The molecule has 1 aliphatic rings. The Kier molecular flexibility index (Phi) is 6.64. The highest BCUT2D eigenvalue weighted by Crippen LogP contribution is 2.23. The topological polar surface area (TPSA) is 87.5 Å². The Hall–Kier alpha value is -2.23. The van der Waals surface area contributed by atoms with Crippen LogP contribution in [-0.2, 0) is 14.8 Å². The van der Waals surface area contributed by atoms with E-state index in [1.807, 2.05) is 51.7 Å². The van der Waals surface area contributed by atoms with E-state index >= 15 is 0 Å². The highest BCUT2D eigenvalue weighted by molar-refractivity contribution is 7.89. The Morgan fingerprint density at radius 1 is 1.07 bits per heavy atom. The van der Waals surface area contributed by atoms with Crippen molar-refractivity contribution in [3.63, 3.8) is 0 Å². The van der Waals surface area contributed by atoms with Crippen molar-refractivity contribution >= 4 is 21.7 Å². The van der Waals surface area contributed by atoms with Gasteiger partial charge in [-0.3, -0.25) is 9.69 Å². The zero-order chi connectivity index (χ0) is 22.1. The first kappa shape index (κ1) is 22.5. The first-order valence-electron chi connectivity index (χ1n) is 10.3. The lowest BCUT2D eigenvalue weighted by molar-refractivity contribution is -0.121. The smallest absolute Gasteiger partial charge is 0.243 e. The number of anilines is 1. The average molecular weight is 434 g/mol. The summed E-state index contributed by atoms with van der Waals surface area (Å²) in [5.74, 6) is 0.543. The highest BCUT2D eigenvalue weighted by Gasteiger charge is 2.32. The lowest BCUT2D eigenvalue weighted by Gasteiger charge is -2.37. The highest BCUT2D eigenvalue weighted by atomic mass is 32.2. The second-order valence-electron chi connectivity index (χ2n) is 8.13. The van der Waals surface area contributed by atoms with Crippen molar-refractivity contribution < 1.29 is 13.2 Å². The minimum Gasteiger partial charge on any atom is -0.310 e. The fraction of sp³-hybridized carbons (Fsp3) is 0.524. The molecule has 3 rings (SSSR count). The Morgan fingerprint density at radius 2 is 1.73 bits per heavy atom. The normalized spacial score (nSPS) is 17.3. The Bertz CT molecular complexity index is 1010. The molecular weight excluding hydrogens is 402 g/mol. The van der Waals surface area contributed by atoms with Crippen molar-refractivity contribution in [3.8, 4) is 0 Å². The van der Waals surface area contributed by atoms with Crippen molar-refractivity contribution in [2.75, 3.05) is 31.5 Å². The number of amides is 1. The molecule has 1 N–H and O–H groups in total. The predicted molar refractivity (Wildman–Crippen MR) is 117 cm³/mol. The van der Waals surface area contributed by atoms with Crippen LogP contribution in [0.3, 0.4) is 0 Å². The molecule has 0 unspecified atom stereocenters. The molecule has 0 saturated carbocycles. The van der Waals surface area contributed by atoms with Crippen LogP contribution in [0.1, 0.15) is 37.9 Å². The first-order chi connectivity index (χ1) is 14.1. The maximum absolute atomic E-state index is 13.1. The van der Waals surface area contributed by atoms with Crippen LogP contribution in [0.25, 0.3) is 0 Å². The summed E-state index contributed by atoms with van der Waals surface area (Å²) in [5, 5.41) is 7.17. The number of hydrogen-bond donors (Lipinski definition) is 1. The summed E-state index contributed by atoms with van der Waals surface area (Å²) < 4.78 is 29.4. The summed E-state index contributed by atoms with van der Waals surface area (Å²) in [5.41, 5.74) is 1.79. The fourth-order valence-corrected chi connectivity index (χ4v) is 5.41. The number of piperazine rings is 1. The van der Waals surface area contributed by atoms with Gasteiger partial charge in [0.05, 0.1) is 17.1 Å². The maximum Gasteiger partial charge on any atom is 0.243 e. The standard InChI is InChI=1S/C21H31N5O3S/c1-15(2)26-20(8-9-22-26)23-21(27)18(5)24-10-12-25(13-11-24)30(28,29)19-7-6-16(3)14-17(19)4/h6-9,14-15,18H,10-13H2,1-5H3,(H,23,27)/t18-/m1/s1. The third-order valence-corrected chi connectivity index (χ3v) is 7.62. The van der Waals surface area contributed by atoms with Crippen LogP contribution < -0.4 is 5.32 Å². The number of carbonyl (C=O) groups is 1. The monoisotopic (exact) mass is 433 g/mol. The second kappa shape index (κ2) is 8.87. The number of aromatic nitrogens is 2. The summed E-state index contributed by atoms with van der Waals surface area (Å²) >= 11 is 0. The maximum atomic E-state index is 13.1. The Morgan fingerprint density at radius 3 is 2.33 bits per heavy atom. The molecule has 0 bridgehead atoms. The summed E-state index contributed by atoms with van der Waals surface area (Å²) in [6, 6.07) is 6.94. The molecule has 0 radical (unpaired) electrons. The molecule has 1 aromatic carbocycles. The fourth-order valence-electron chi connectivity index (χ4n) is 3.78. The first-order valence-corrected chi connectivity index (χ1v) is 11.7. The molecule has 1 amide bonds. The van der Waals surface area contributed by atoms with Gasteiger partial charge in [-0.05, 0) is 46.2 Å². The molecule has 1 aromatic heterocycles. The number of hydrogen-bond acceptors (Lipinski definition) is 5. The summed E-state index contributed by atoms with van der Waals surface area (Å²) in [4.78, 5) is 15.1. The lowest BCUT2D eigenvalue weighted by Crippen LogP contribution is -2.54. The lowest BCUT2D eigenvalue weighted by atomic mass is 10.2. The Balaban J connectivity index is 1.63. The number of sulfonamides is 1. The number of nitrogens with zero attached hydrogens (tertiary/aromatic N) is 4. The molecule has 2 aromatic rings. The number of benzene rings is 1. The van der Waals surface area contributed by atoms with Gasteiger partial charge < -0.3 is 5.32 Å². The molecule has 0 aliphatic carbocycles. The van der Waals surface area contributed by atoms with Gasteiger partial charge in [-0.25, -0.2) is 13.1 Å². The SMILES string of the molecule is Cc1ccc(S(=O)(=O)N2CCN([C@H](C)C(=O)Nc3ccnn3C(C)C)CC2)c(C)c1. The molecule has 2 heterocycles. The quantitative estimate of drug-likeness (QED) is 0.756. The molecule has 0 spiro atoms. The molecule has 1 fully saturated rings. The average Bonchev–Trinajstić information content (AvgIpc) is 3.15. The van der Waals surface area contributed by atoms with Crippen LogP contribution in [0.4, 0.5) is 5.82 Å². The van der Waals surface area contributed by atoms with E-state index in [4.69, 9.17) is 0 Å². The van der Waals surface area contributed by atoms with Crippen LogP contribution in [0, 0.1) is 13.8 Å². The Labute approximate surface area is 178 Å². The third kappa shape index (κ3) is 4.58. The molecule has 1 saturated heterocycles. The molecular formula is C21H31N5O3S. The van der Waals surface area contributed by atoms with Crippen molar-refractivity contribution in [1.82, 2.24) is 19.0 Å². The van der Waals surface area contributed by atoms with Crippen molar-refractivity contribution in [2.45, 2.75) is 51.6 Å². The summed E-state index contributed by atoms with van der Waals surface area (Å²) in [7, 11) is -3.54. The van der Waals surface area contributed by atoms with Crippen LogP contribution in [0.5, 0.6) is 0 Å². The van der Waals surface area contributed by atoms with Gasteiger partial charge >= 0.3 is 0 Å². The van der Waals surface area contributed by atoms with E-state index in [-0.39, 0.29) is 18.0 Å². The molecule has 8 nitrogen and oxygen atoms in total. The van der Waals surface area contributed by atoms with Gasteiger partial charge in [0, 0.05) is 38.3 Å². The van der Waals surface area contributed by atoms with Gasteiger partial charge in [-0.2, -0.15) is 9.40 Å². The van der Waals surface area contributed by atoms with Crippen LogP contribution in [0.2, 0.25) is 0 Å². The van der Waals surface area contributed by atoms with Crippen molar-refractivity contribution in [3.05, 3.63) is 41.6 Å². The number of rotatable bonds is 6. The number of carbonyl (C=O) groups excluding carboxylic acids is 1. The van der Waals surface area contributed by atoms with E-state index in [2.05, 4.69) is 10.4 Å². The van der Waals surface area contributed by atoms with Crippen molar-refractivity contribution in [1.29, 1.82) is 0 Å². The number of aryl methyl sites for hydroxylation is 2. The third-order valence-electron chi connectivity index (χ3n) is 5.56. The van der Waals surface area contributed by atoms with E-state index < -0.39 is 10.0 Å². The molecule has 30 heavy (non-hydrogen) atoms. The zero-order valence-electron chi connectivity index (χ0n) is 18.3. The van der Waals surface area contributed by atoms with Crippen LogP contribution in [0.15, 0.2) is 35.4 Å². The van der Waals surface area contributed by atoms with E-state index in [1.165, 1.54) is 4.31 Å². The number of nitrogens with one attached hydrogen (secondary N) is 1. The molecule has 9 heteroatoms. The second-order valence-corrected chi connectivity index (χ2v) is 10.0. The minimum absolute atomic E-state index is 0.122. The van der Waals surface area contributed by atoms with E-state index in [9.17, 15) is 13.2 Å². The van der Waals surface area contributed by atoms with Crippen molar-refractivity contribution in [2.24, 2.45) is 0 Å². The molecule has 1 atom stereocenters. The summed E-state index contributed by atoms with van der Waals surface area (Å²) in [6.07, 6.45) is 1.66. The van der Waals surface area contributed by atoms with Gasteiger partial charge in [0.25, 0.3) is 0 Å². The summed E-state index contributed by atoms with van der Waals surface area (Å²) in [6.45, 7) is 11.3. The molecule has 164 valence electrons. The van der Waals surface area contributed by atoms with E-state index in [1.54, 1.807) is 23.0 Å². The van der Waals surface area contributed by atoms with Gasteiger partial charge in [0.1, 0.15) is 5.82 Å². The van der Waals surface area contributed by atoms with Gasteiger partial charge in [0.15, 0.2) is 0 Å². The molecule has 1 aliphatic heterocycles. The van der Waals surface area contributed by atoms with Gasteiger partial charge in [0.2, 0.25) is 15.9 Å².